The van der Waals surface area contributed by atoms with Crippen LogP contribution in [0.25, 0.3) is 0 Å². The first kappa shape index (κ1) is 13.7. The summed E-state index contributed by atoms with van der Waals surface area (Å²) in [6, 6.07) is 1.38. The molecule has 0 radical (unpaired) electrons. The van der Waals surface area contributed by atoms with Crippen LogP contribution in [0.15, 0.2) is 12.1 Å². The average molecular weight is 277 g/mol. The Bertz CT molecular complexity index is 390. The first-order valence-electron chi connectivity index (χ1n) is 6.36. The van der Waals surface area contributed by atoms with Gasteiger partial charge in [0, 0.05) is 17.7 Å². The molecule has 1 aliphatic rings. The van der Waals surface area contributed by atoms with Crippen molar-refractivity contribution >= 4 is 11.6 Å². The number of alkyl halides is 1. The van der Waals surface area contributed by atoms with E-state index in [-0.39, 0.29) is 5.56 Å². The molecular formula is C14H16ClF3. The fourth-order valence-electron chi connectivity index (χ4n) is 2.69. The number of halogens is 4. The molecule has 0 saturated heterocycles. The van der Waals surface area contributed by atoms with Crippen molar-refractivity contribution in [3.63, 3.8) is 0 Å². The van der Waals surface area contributed by atoms with Gasteiger partial charge < -0.3 is 0 Å². The van der Waals surface area contributed by atoms with E-state index >= 15 is 0 Å². The molecule has 1 aromatic rings. The minimum absolute atomic E-state index is 0.191. The van der Waals surface area contributed by atoms with Crippen LogP contribution in [0.3, 0.4) is 0 Å². The van der Waals surface area contributed by atoms with Crippen LogP contribution in [0.5, 0.6) is 0 Å². The minimum Gasteiger partial charge on any atom is -0.207 e. The Kier molecular flexibility index (Phi) is 4.55. The largest absolute Gasteiger partial charge is 0.207 e. The summed E-state index contributed by atoms with van der Waals surface area (Å²) in [5.41, 5.74) is -0.191. The standard InChI is InChI=1S/C14H16ClF3/c15-11(6-9-4-2-1-3-5-9)14-12(17)7-10(16)8-13(14)18/h7-9,11H,1-6H2. The predicted octanol–water partition coefficient (Wildman–Crippen LogP) is 5.35. The van der Waals surface area contributed by atoms with Crippen molar-refractivity contribution in [1.82, 2.24) is 0 Å². The summed E-state index contributed by atoms with van der Waals surface area (Å²) in [4.78, 5) is 0. The number of benzene rings is 1. The second-order valence-electron chi connectivity index (χ2n) is 4.99. The first-order chi connectivity index (χ1) is 8.58. The van der Waals surface area contributed by atoms with Crippen LogP contribution in [-0.4, -0.2) is 0 Å². The molecule has 18 heavy (non-hydrogen) atoms. The van der Waals surface area contributed by atoms with E-state index in [9.17, 15) is 13.2 Å². The molecule has 1 unspecified atom stereocenters. The van der Waals surface area contributed by atoms with Crippen molar-refractivity contribution in [2.45, 2.75) is 43.9 Å². The quantitative estimate of drug-likeness (QED) is 0.653. The summed E-state index contributed by atoms with van der Waals surface area (Å²) in [6.07, 6.45) is 6.22. The van der Waals surface area contributed by atoms with Crippen molar-refractivity contribution in [3.05, 3.63) is 35.1 Å². The highest BCUT2D eigenvalue weighted by Gasteiger charge is 2.24. The van der Waals surface area contributed by atoms with E-state index in [0.717, 1.165) is 25.7 Å². The minimum atomic E-state index is -0.907. The summed E-state index contributed by atoms with van der Waals surface area (Å²) in [7, 11) is 0. The lowest BCUT2D eigenvalue weighted by molar-refractivity contribution is 0.332. The van der Waals surface area contributed by atoms with Crippen LogP contribution in [0.2, 0.25) is 0 Å². The van der Waals surface area contributed by atoms with E-state index < -0.39 is 22.8 Å². The summed E-state index contributed by atoms with van der Waals surface area (Å²) in [6.45, 7) is 0. The topological polar surface area (TPSA) is 0 Å². The molecule has 1 saturated carbocycles. The van der Waals surface area contributed by atoms with Crippen molar-refractivity contribution in [3.8, 4) is 0 Å². The molecule has 2 rings (SSSR count). The Morgan fingerprint density at radius 3 is 2.17 bits per heavy atom. The second kappa shape index (κ2) is 5.96. The maximum absolute atomic E-state index is 13.6. The van der Waals surface area contributed by atoms with Gasteiger partial charge in [0.05, 0.1) is 5.38 Å². The predicted molar refractivity (Wildman–Crippen MR) is 66.1 cm³/mol. The monoisotopic (exact) mass is 276 g/mol. The van der Waals surface area contributed by atoms with Gasteiger partial charge in [0.15, 0.2) is 0 Å². The van der Waals surface area contributed by atoms with Crippen molar-refractivity contribution in [2.24, 2.45) is 5.92 Å². The Balaban J connectivity index is 2.10. The lowest BCUT2D eigenvalue weighted by Gasteiger charge is -2.24. The van der Waals surface area contributed by atoms with Crippen molar-refractivity contribution in [1.29, 1.82) is 0 Å². The van der Waals surface area contributed by atoms with Crippen molar-refractivity contribution in [2.75, 3.05) is 0 Å². The van der Waals surface area contributed by atoms with Crippen LogP contribution in [-0.2, 0) is 0 Å². The molecule has 0 nitrogen and oxygen atoms in total. The first-order valence-corrected chi connectivity index (χ1v) is 6.80. The van der Waals surface area contributed by atoms with Crippen LogP contribution >= 0.6 is 11.6 Å². The molecule has 0 amide bonds. The van der Waals surface area contributed by atoms with Gasteiger partial charge in [-0.05, 0) is 12.3 Å². The fourth-order valence-corrected chi connectivity index (χ4v) is 3.15. The smallest absolute Gasteiger partial charge is 0.133 e. The highest BCUT2D eigenvalue weighted by Crippen LogP contribution is 2.37. The summed E-state index contributed by atoms with van der Waals surface area (Å²) >= 11 is 6.10. The molecule has 0 spiro atoms. The number of rotatable bonds is 3. The van der Waals surface area contributed by atoms with Gasteiger partial charge in [-0.2, -0.15) is 0 Å². The van der Waals surface area contributed by atoms with Gasteiger partial charge in [-0.3, -0.25) is 0 Å². The summed E-state index contributed by atoms with van der Waals surface area (Å²) in [5, 5.41) is -0.714. The van der Waals surface area contributed by atoms with Crippen LogP contribution in [0.4, 0.5) is 13.2 Å². The molecule has 1 fully saturated rings. The SMILES string of the molecule is Fc1cc(F)c(C(Cl)CC2CCCCC2)c(F)c1. The van der Waals surface area contributed by atoms with Crippen LogP contribution < -0.4 is 0 Å². The molecule has 1 aromatic carbocycles. The third kappa shape index (κ3) is 3.19. The van der Waals surface area contributed by atoms with Gasteiger partial charge in [0.2, 0.25) is 0 Å². The van der Waals surface area contributed by atoms with Gasteiger partial charge in [0.25, 0.3) is 0 Å². The Labute approximate surface area is 110 Å². The maximum atomic E-state index is 13.6. The Morgan fingerprint density at radius 1 is 1.06 bits per heavy atom. The molecule has 4 heteroatoms. The molecule has 0 aromatic heterocycles. The fraction of sp³-hybridized carbons (Fsp3) is 0.571. The molecular weight excluding hydrogens is 261 g/mol. The molecule has 0 bridgehead atoms. The highest BCUT2D eigenvalue weighted by molar-refractivity contribution is 6.20. The lowest BCUT2D eigenvalue weighted by atomic mass is 9.85. The number of hydrogen-bond acceptors (Lipinski definition) is 0. The van der Waals surface area contributed by atoms with Gasteiger partial charge in [-0.15, -0.1) is 11.6 Å². The van der Waals surface area contributed by atoms with E-state index in [2.05, 4.69) is 0 Å². The van der Waals surface area contributed by atoms with Crippen molar-refractivity contribution < 1.29 is 13.2 Å². The molecule has 100 valence electrons. The normalized spacial score (nSPS) is 18.9. The average Bonchev–Trinajstić information content (AvgIpc) is 2.28. The summed E-state index contributed by atoms with van der Waals surface area (Å²) in [5.74, 6) is -2.26. The highest BCUT2D eigenvalue weighted by atomic mass is 35.5. The zero-order valence-electron chi connectivity index (χ0n) is 10.1. The third-order valence-electron chi connectivity index (χ3n) is 3.62. The van der Waals surface area contributed by atoms with E-state index in [0.29, 0.717) is 24.5 Å². The van der Waals surface area contributed by atoms with E-state index in [1.165, 1.54) is 6.42 Å². The zero-order chi connectivity index (χ0) is 13.1. The van der Waals surface area contributed by atoms with Gasteiger partial charge >= 0.3 is 0 Å². The van der Waals surface area contributed by atoms with Gasteiger partial charge in [-0.1, -0.05) is 32.1 Å². The lowest BCUT2D eigenvalue weighted by Crippen LogP contribution is -2.10. The summed E-state index contributed by atoms with van der Waals surface area (Å²) < 4.78 is 39.9. The van der Waals surface area contributed by atoms with Gasteiger partial charge in [0.1, 0.15) is 17.5 Å². The number of hydrogen-bond donors (Lipinski definition) is 0. The molecule has 1 aliphatic carbocycles. The maximum Gasteiger partial charge on any atom is 0.133 e. The second-order valence-corrected chi connectivity index (χ2v) is 5.52. The zero-order valence-corrected chi connectivity index (χ0v) is 10.8. The van der Waals surface area contributed by atoms with E-state index in [1.54, 1.807) is 0 Å². The van der Waals surface area contributed by atoms with Crippen LogP contribution in [0, 0.1) is 23.4 Å². The Hall–Kier alpha value is -0.700. The molecule has 0 heterocycles. The molecule has 0 aliphatic heterocycles. The van der Waals surface area contributed by atoms with Gasteiger partial charge in [-0.25, -0.2) is 13.2 Å². The molecule has 0 N–H and O–H groups in total. The molecule has 1 atom stereocenters. The Morgan fingerprint density at radius 2 is 1.61 bits per heavy atom. The third-order valence-corrected chi connectivity index (χ3v) is 4.02. The van der Waals surface area contributed by atoms with E-state index in [1.807, 2.05) is 0 Å². The van der Waals surface area contributed by atoms with Crippen LogP contribution in [0.1, 0.15) is 49.5 Å². The van der Waals surface area contributed by atoms with E-state index in [4.69, 9.17) is 11.6 Å².